The van der Waals surface area contributed by atoms with Gasteiger partial charge in [0.2, 0.25) is 0 Å². The van der Waals surface area contributed by atoms with Gasteiger partial charge in [0, 0.05) is 18.5 Å². The molecule has 152 valence electrons. The number of nitrogens with zero attached hydrogens (tertiary/aromatic N) is 6. The van der Waals surface area contributed by atoms with Crippen LogP contribution in [0.25, 0.3) is 22.5 Å². The van der Waals surface area contributed by atoms with Crippen molar-refractivity contribution in [2.45, 2.75) is 32.9 Å². The van der Waals surface area contributed by atoms with E-state index in [9.17, 15) is 4.79 Å². The molecule has 0 atom stereocenters. The molecule has 4 rings (SSSR count). The van der Waals surface area contributed by atoms with Crippen molar-refractivity contribution < 1.29 is 0 Å². The number of aryl methyl sites for hydroxylation is 2. The zero-order valence-electron chi connectivity index (χ0n) is 16.8. The molecule has 0 aliphatic heterocycles. The first-order valence-corrected chi connectivity index (χ1v) is 9.91. The van der Waals surface area contributed by atoms with Gasteiger partial charge in [-0.2, -0.15) is 5.10 Å². The lowest BCUT2D eigenvalue weighted by atomic mass is 9.98. The van der Waals surface area contributed by atoms with E-state index in [-0.39, 0.29) is 5.69 Å². The summed E-state index contributed by atoms with van der Waals surface area (Å²) >= 11 is 0. The van der Waals surface area contributed by atoms with E-state index in [2.05, 4.69) is 44.4 Å². The fraction of sp³-hybridized carbons (Fsp3) is 0.227. The average Bonchev–Trinajstić information content (AvgIpc) is 3.42. The van der Waals surface area contributed by atoms with E-state index in [0.717, 1.165) is 34.5 Å². The van der Waals surface area contributed by atoms with Crippen molar-refractivity contribution in [1.29, 1.82) is 0 Å². The van der Waals surface area contributed by atoms with Crippen LogP contribution in [-0.4, -0.2) is 35.0 Å². The number of rotatable bonds is 8. The third kappa shape index (κ3) is 3.84. The summed E-state index contributed by atoms with van der Waals surface area (Å²) in [6.45, 7) is 6.73. The topological polar surface area (TPSA) is 94.3 Å². The summed E-state index contributed by atoms with van der Waals surface area (Å²) in [6.07, 6.45) is 3.32. The van der Waals surface area contributed by atoms with Gasteiger partial charge in [0.1, 0.15) is 5.82 Å². The van der Waals surface area contributed by atoms with Crippen LogP contribution < -0.4 is 5.69 Å². The van der Waals surface area contributed by atoms with Gasteiger partial charge in [0.25, 0.3) is 0 Å². The third-order valence-electron chi connectivity index (χ3n) is 5.00. The Morgan fingerprint density at radius 1 is 1.10 bits per heavy atom. The lowest BCUT2D eigenvalue weighted by Gasteiger charge is -2.09. The highest BCUT2D eigenvalue weighted by Crippen LogP contribution is 2.29. The highest BCUT2D eigenvalue weighted by atomic mass is 16.2. The summed E-state index contributed by atoms with van der Waals surface area (Å²) < 4.78 is 3.25. The van der Waals surface area contributed by atoms with Gasteiger partial charge in [0.15, 0.2) is 5.82 Å². The van der Waals surface area contributed by atoms with Gasteiger partial charge in [-0.05, 0) is 40.5 Å². The maximum Gasteiger partial charge on any atom is 0.346 e. The number of tetrazole rings is 1. The molecule has 30 heavy (non-hydrogen) atoms. The molecule has 0 unspecified atom stereocenters. The maximum atomic E-state index is 12.7. The number of nitrogens with one attached hydrogen (secondary N) is 1. The zero-order valence-corrected chi connectivity index (χ0v) is 16.8. The predicted molar refractivity (Wildman–Crippen MR) is 115 cm³/mol. The molecule has 0 bridgehead atoms. The van der Waals surface area contributed by atoms with Crippen LogP contribution in [0.4, 0.5) is 0 Å². The molecule has 0 radical (unpaired) electrons. The lowest BCUT2D eigenvalue weighted by Crippen LogP contribution is -2.25. The second-order valence-electron chi connectivity index (χ2n) is 6.92. The molecule has 0 spiro atoms. The highest BCUT2D eigenvalue weighted by Gasteiger charge is 2.13. The average molecular weight is 401 g/mol. The van der Waals surface area contributed by atoms with Gasteiger partial charge in [-0.3, -0.25) is 4.57 Å². The number of hydrogen-bond donors (Lipinski definition) is 1. The van der Waals surface area contributed by atoms with Crippen LogP contribution in [0.1, 0.15) is 24.7 Å². The Morgan fingerprint density at radius 2 is 1.87 bits per heavy atom. The first kappa shape index (κ1) is 19.5. The minimum Gasteiger partial charge on any atom is -0.274 e. The molecule has 0 fully saturated rings. The number of hydrogen-bond acceptors (Lipinski definition) is 5. The number of aromatic amines is 1. The Kier molecular flexibility index (Phi) is 5.65. The van der Waals surface area contributed by atoms with Crippen molar-refractivity contribution in [2.75, 3.05) is 0 Å². The van der Waals surface area contributed by atoms with Crippen LogP contribution in [0.3, 0.4) is 0 Å². The minimum atomic E-state index is -0.0798. The molecular formula is C22H23N7O. The molecule has 8 nitrogen and oxygen atoms in total. The summed E-state index contributed by atoms with van der Waals surface area (Å²) in [6, 6.07) is 16.1. The van der Waals surface area contributed by atoms with E-state index in [1.54, 1.807) is 4.57 Å². The molecular weight excluding hydrogens is 378 g/mol. The SMILES string of the molecule is C=CCCc1nn(CC)c(=O)n1Cc1ccc(-c2ccccc2-c2nnn[nH]2)cc1. The molecule has 2 aromatic carbocycles. The quantitative estimate of drug-likeness (QED) is 0.458. The lowest BCUT2D eigenvalue weighted by molar-refractivity contribution is 0.615. The van der Waals surface area contributed by atoms with Crippen LogP contribution in [0.15, 0.2) is 66.0 Å². The van der Waals surface area contributed by atoms with E-state index in [4.69, 9.17) is 0 Å². The first-order chi connectivity index (χ1) is 14.7. The van der Waals surface area contributed by atoms with Crippen molar-refractivity contribution in [1.82, 2.24) is 35.0 Å². The summed E-state index contributed by atoms with van der Waals surface area (Å²) in [7, 11) is 0. The van der Waals surface area contributed by atoms with Crippen molar-refractivity contribution >= 4 is 0 Å². The minimum absolute atomic E-state index is 0.0798. The van der Waals surface area contributed by atoms with Gasteiger partial charge in [-0.25, -0.2) is 14.6 Å². The fourth-order valence-electron chi connectivity index (χ4n) is 3.45. The van der Waals surface area contributed by atoms with Gasteiger partial charge < -0.3 is 0 Å². The molecule has 4 aromatic rings. The molecule has 0 amide bonds. The number of H-pyrrole nitrogens is 1. The van der Waals surface area contributed by atoms with Gasteiger partial charge in [0.05, 0.1) is 6.54 Å². The van der Waals surface area contributed by atoms with Gasteiger partial charge in [-0.1, -0.05) is 54.6 Å². The Balaban J connectivity index is 1.63. The summed E-state index contributed by atoms with van der Waals surface area (Å²) in [5.74, 6) is 1.41. The summed E-state index contributed by atoms with van der Waals surface area (Å²) in [5.41, 5.74) is 3.97. The highest BCUT2D eigenvalue weighted by molar-refractivity contribution is 5.80. The van der Waals surface area contributed by atoms with Gasteiger partial charge in [-0.15, -0.1) is 11.7 Å². The number of benzene rings is 2. The second kappa shape index (κ2) is 8.69. The summed E-state index contributed by atoms with van der Waals surface area (Å²) in [5, 5.41) is 18.7. The molecule has 2 heterocycles. The standard InChI is InChI=1S/C22H23N7O/c1-3-5-10-20-25-29(4-2)22(30)28(20)15-16-11-13-17(14-12-16)18-8-6-7-9-19(18)21-23-26-27-24-21/h3,6-9,11-14H,1,4-5,10,15H2,2H3,(H,23,24,26,27). The molecule has 8 heteroatoms. The molecule has 0 aliphatic carbocycles. The van der Waals surface area contributed by atoms with E-state index >= 15 is 0 Å². The van der Waals surface area contributed by atoms with Crippen molar-refractivity contribution in [3.63, 3.8) is 0 Å². The Hall–Kier alpha value is -3.81. The van der Waals surface area contributed by atoms with Crippen LogP contribution >= 0.6 is 0 Å². The van der Waals surface area contributed by atoms with Crippen molar-refractivity contribution in [3.8, 4) is 22.5 Å². The predicted octanol–water partition coefficient (Wildman–Crippen LogP) is 3.08. The Labute approximate surface area is 173 Å². The smallest absolute Gasteiger partial charge is 0.274 e. The molecule has 0 aliphatic rings. The van der Waals surface area contributed by atoms with Gasteiger partial charge >= 0.3 is 5.69 Å². The maximum absolute atomic E-state index is 12.7. The third-order valence-corrected chi connectivity index (χ3v) is 5.00. The van der Waals surface area contributed by atoms with E-state index in [1.165, 1.54) is 4.68 Å². The molecule has 0 saturated heterocycles. The normalized spacial score (nSPS) is 11.0. The van der Waals surface area contributed by atoms with E-state index < -0.39 is 0 Å². The monoisotopic (exact) mass is 401 g/mol. The Bertz CT molecular complexity index is 1190. The van der Waals surface area contributed by atoms with Crippen molar-refractivity contribution in [2.24, 2.45) is 0 Å². The van der Waals surface area contributed by atoms with Crippen LogP contribution in [-0.2, 0) is 19.5 Å². The fourth-order valence-corrected chi connectivity index (χ4v) is 3.45. The van der Waals surface area contributed by atoms with Crippen LogP contribution in [0.2, 0.25) is 0 Å². The van der Waals surface area contributed by atoms with E-state index in [1.807, 2.05) is 49.4 Å². The molecule has 0 saturated carbocycles. The van der Waals surface area contributed by atoms with Crippen LogP contribution in [0, 0.1) is 0 Å². The molecule has 2 aromatic heterocycles. The zero-order chi connectivity index (χ0) is 20.9. The first-order valence-electron chi connectivity index (χ1n) is 9.91. The summed E-state index contributed by atoms with van der Waals surface area (Å²) in [4.78, 5) is 12.7. The number of aromatic nitrogens is 7. The Morgan fingerprint density at radius 3 is 2.53 bits per heavy atom. The largest absolute Gasteiger partial charge is 0.346 e. The van der Waals surface area contributed by atoms with E-state index in [0.29, 0.717) is 25.3 Å². The van der Waals surface area contributed by atoms with Crippen molar-refractivity contribution in [3.05, 3.63) is 83.1 Å². The molecule has 1 N–H and O–H groups in total. The second-order valence-corrected chi connectivity index (χ2v) is 6.92. The number of allylic oxidation sites excluding steroid dienone is 1. The van der Waals surface area contributed by atoms with Crippen LogP contribution in [0.5, 0.6) is 0 Å².